The summed E-state index contributed by atoms with van der Waals surface area (Å²) in [6.45, 7) is -0.000282. The zero-order chi connectivity index (χ0) is 23.0. The average molecular weight is 433 g/mol. The number of nitrogens with zero attached hydrogens (tertiary/aromatic N) is 3. The van der Waals surface area contributed by atoms with Crippen molar-refractivity contribution in [2.75, 3.05) is 14.2 Å². The first-order chi connectivity index (χ1) is 15.4. The van der Waals surface area contributed by atoms with Gasteiger partial charge < -0.3 is 14.0 Å². The fourth-order valence-corrected chi connectivity index (χ4v) is 3.88. The Labute approximate surface area is 183 Å². The van der Waals surface area contributed by atoms with Crippen LogP contribution in [0.3, 0.4) is 0 Å². The van der Waals surface area contributed by atoms with Crippen LogP contribution in [-0.2, 0) is 20.6 Å². The van der Waals surface area contributed by atoms with Gasteiger partial charge in [0, 0.05) is 31.4 Å². The molecule has 2 aromatic heterocycles. The summed E-state index contributed by atoms with van der Waals surface area (Å²) in [6, 6.07) is 14.2. The van der Waals surface area contributed by atoms with Crippen molar-refractivity contribution < 1.29 is 14.3 Å². The molecule has 2 aromatic carbocycles. The summed E-state index contributed by atoms with van der Waals surface area (Å²) >= 11 is 0. The van der Waals surface area contributed by atoms with E-state index in [9.17, 15) is 14.4 Å². The van der Waals surface area contributed by atoms with Gasteiger partial charge in [-0.25, -0.2) is 4.79 Å². The zero-order valence-electron chi connectivity index (χ0n) is 18.3. The number of Topliss-reactive ketones (excluding diaryl/α,β-unsaturated/α-hetero) is 1. The molecule has 0 spiro atoms. The van der Waals surface area contributed by atoms with Crippen molar-refractivity contribution in [1.82, 2.24) is 13.7 Å². The van der Waals surface area contributed by atoms with E-state index in [0.29, 0.717) is 39.2 Å². The summed E-state index contributed by atoms with van der Waals surface area (Å²) in [5.41, 5.74) is 1.33. The quantitative estimate of drug-likeness (QED) is 0.437. The van der Waals surface area contributed by atoms with Crippen molar-refractivity contribution >= 4 is 16.7 Å². The third kappa shape index (κ3) is 3.39. The van der Waals surface area contributed by atoms with Crippen molar-refractivity contribution in [3.05, 3.63) is 81.1 Å². The van der Waals surface area contributed by atoms with Gasteiger partial charge in [0.15, 0.2) is 17.3 Å². The molecule has 0 fully saturated rings. The Morgan fingerprint density at radius 2 is 1.59 bits per heavy atom. The van der Waals surface area contributed by atoms with Crippen molar-refractivity contribution in [1.29, 1.82) is 0 Å². The van der Waals surface area contributed by atoms with Crippen LogP contribution in [0.4, 0.5) is 0 Å². The molecule has 0 N–H and O–H groups in total. The summed E-state index contributed by atoms with van der Waals surface area (Å²) in [4.78, 5) is 38.6. The summed E-state index contributed by atoms with van der Waals surface area (Å²) < 4.78 is 14.9. The monoisotopic (exact) mass is 433 g/mol. The molecule has 0 unspecified atom stereocenters. The van der Waals surface area contributed by atoms with Gasteiger partial charge in [-0.05, 0) is 18.2 Å². The Balaban J connectivity index is 2.01. The van der Waals surface area contributed by atoms with E-state index in [0.717, 1.165) is 4.57 Å². The first kappa shape index (κ1) is 21.2. The molecule has 32 heavy (non-hydrogen) atoms. The van der Waals surface area contributed by atoms with E-state index in [4.69, 9.17) is 9.47 Å². The van der Waals surface area contributed by atoms with Gasteiger partial charge in [0.05, 0.1) is 37.4 Å². The number of benzene rings is 2. The Morgan fingerprint density at radius 3 is 2.25 bits per heavy atom. The number of aromatic nitrogens is 3. The highest BCUT2D eigenvalue weighted by Crippen LogP contribution is 2.35. The highest BCUT2D eigenvalue weighted by atomic mass is 16.5. The van der Waals surface area contributed by atoms with Gasteiger partial charge in [0.25, 0.3) is 5.56 Å². The maximum absolute atomic E-state index is 13.1. The number of rotatable bonds is 6. The third-order valence-corrected chi connectivity index (χ3v) is 5.58. The highest BCUT2D eigenvalue weighted by molar-refractivity contribution is 5.99. The molecule has 0 aliphatic carbocycles. The van der Waals surface area contributed by atoms with Gasteiger partial charge in [0.1, 0.15) is 0 Å². The molecule has 0 saturated heterocycles. The van der Waals surface area contributed by atoms with Crippen LogP contribution < -0.4 is 20.7 Å². The van der Waals surface area contributed by atoms with Crippen LogP contribution in [0.25, 0.3) is 22.2 Å². The highest BCUT2D eigenvalue weighted by Gasteiger charge is 2.22. The molecule has 8 heteroatoms. The lowest BCUT2D eigenvalue weighted by atomic mass is 10.1. The van der Waals surface area contributed by atoms with Crippen LogP contribution in [0, 0.1) is 0 Å². The SMILES string of the molecule is COc1ccc(-c2c3c(=O)n(C)c(=O)n(C)c3cn2CC(=O)c2ccccc2)cc1OC. The molecule has 4 aromatic rings. The third-order valence-electron chi connectivity index (χ3n) is 5.58. The standard InChI is InChI=1S/C24H23N3O5/c1-25-17-13-27(14-18(28)15-8-6-5-7-9-15)22(21(17)23(29)26(2)24(25)30)16-10-11-19(31-3)20(12-16)32-4/h5-13H,14H2,1-4H3. The molecular weight excluding hydrogens is 410 g/mol. The number of ether oxygens (including phenoxy) is 2. The van der Waals surface area contributed by atoms with E-state index in [2.05, 4.69) is 0 Å². The number of carbonyl (C=O) groups excluding carboxylic acids is 1. The Kier molecular flexibility index (Phi) is 5.44. The smallest absolute Gasteiger partial charge is 0.330 e. The maximum Gasteiger partial charge on any atom is 0.330 e. The predicted molar refractivity (Wildman–Crippen MR) is 122 cm³/mol. The van der Waals surface area contributed by atoms with Crippen molar-refractivity contribution in [2.45, 2.75) is 6.54 Å². The Bertz CT molecular complexity index is 1440. The lowest BCUT2D eigenvalue weighted by Crippen LogP contribution is -2.36. The normalized spacial score (nSPS) is 11.0. The Hall–Kier alpha value is -4.07. The van der Waals surface area contributed by atoms with Gasteiger partial charge >= 0.3 is 5.69 Å². The van der Waals surface area contributed by atoms with Crippen LogP contribution in [0.5, 0.6) is 11.5 Å². The van der Waals surface area contributed by atoms with Gasteiger partial charge in [0.2, 0.25) is 0 Å². The number of hydrogen-bond acceptors (Lipinski definition) is 5. The fraction of sp³-hybridized carbons (Fsp3) is 0.208. The first-order valence-corrected chi connectivity index (χ1v) is 9.96. The van der Waals surface area contributed by atoms with Gasteiger partial charge in [-0.2, -0.15) is 0 Å². The van der Waals surface area contributed by atoms with E-state index >= 15 is 0 Å². The summed E-state index contributed by atoms with van der Waals surface area (Å²) in [6.07, 6.45) is 1.67. The van der Waals surface area contributed by atoms with Crippen LogP contribution in [0.2, 0.25) is 0 Å². The van der Waals surface area contributed by atoms with Gasteiger partial charge in [-0.1, -0.05) is 30.3 Å². The van der Waals surface area contributed by atoms with Crippen LogP contribution in [0.1, 0.15) is 10.4 Å². The fourth-order valence-electron chi connectivity index (χ4n) is 3.88. The number of carbonyl (C=O) groups is 1. The lowest BCUT2D eigenvalue weighted by Gasteiger charge is -2.13. The number of fused-ring (bicyclic) bond motifs is 1. The number of ketones is 1. The van der Waals surface area contributed by atoms with Crippen LogP contribution in [0.15, 0.2) is 64.3 Å². The first-order valence-electron chi connectivity index (χ1n) is 9.96. The molecule has 4 rings (SSSR count). The van der Waals surface area contributed by atoms with E-state index in [-0.39, 0.29) is 12.3 Å². The summed E-state index contributed by atoms with van der Waals surface area (Å²) in [5.74, 6) is 0.913. The van der Waals surface area contributed by atoms with E-state index < -0.39 is 11.2 Å². The molecule has 0 aliphatic rings. The molecule has 164 valence electrons. The van der Waals surface area contributed by atoms with Crippen molar-refractivity contribution in [3.8, 4) is 22.8 Å². The molecule has 0 aliphatic heterocycles. The van der Waals surface area contributed by atoms with Crippen molar-refractivity contribution in [2.24, 2.45) is 14.1 Å². The second-order valence-corrected chi connectivity index (χ2v) is 7.43. The number of aryl methyl sites for hydroxylation is 1. The van der Waals surface area contributed by atoms with Crippen molar-refractivity contribution in [3.63, 3.8) is 0 Å². The van der Waals surface area contributed by atoms with E-state index in [1.807, 2.05) is 6.07 Å². The number of hydrogen-bond donors (Lipinski definition) is 0. The second kappa shape index (κ2) is 8.22. The Morgan fingerprint density at radius 1 is 0.906 bits per heavy atom. The second-order valence-electron chi connectivity index (χ2n) is 7.43. The van der Waals surface area contributed by atoms with Gasteiger partial charge in [-0.3, -0.25) is 18.7 Å². The minimum atomic E-state index is -0.437. The van der Waals surface area contributed by atoms with Gasteiger partial charge in [-0.15, -0.1) is 0 Å². The lowest BCUT2D eigenvalue weighted by molar-refractivity contribution is 0.0973. The predicted octanol–water partition coefficient (Wildman–Crippen LogP) is 2.61. The topological polar surface area (TPSA) is 84.5 Å². The molecule has 0 radical (unpaired) electrons. The average Bonchev–Trinajstić information content (AvgIpc) is 3.20. The zero-order valence-corrected chi connectivity index (χ0v) is 18.3. The number of methoxy groups -OCH3 is 2. The molecule has 0 atom stereocenters. The largest absolute Gasteiger partial charge is 0.493 e. The summed E-state index contributed by atoms with van der Waals surface area (Å²) in [5, 5.41) is 0.350. The molecule has 0 bridgehead atoms. The minimum Gasteiger partial charge on any atom is -0.493 e. The van der Waals surface area contributed by atoms with Crippen LogP contribution in [-0.4, -0.2) is 33.7 Å². The molecule has 8 nitrogen and oxygen atoms in total. The summed E-state index contributed by atoms with van der Waals surface area (Å²) in [7, 11) is 6.11. The van der Waals surface area contributed by atoms with E-state index in [1.54, 1.807) is 67.4 Å². The van der Waals surface area contributed by atoms with Crippen LogP contribution >= 0.6 is 0 Å². The maximum atomic E-state index is 13.1. The molecule has 0 amide bonds. The minimum absolute atomic E-state index is 0.000282. The molecule has 0 saturated carbocycles. The van der Waals surface area contributed by atoms with E-state index in [1.165, 1.54) is 18.7 Å². The molecule has 2 heterocycles. The molecular formula is C24H23N3O5.